The smallest absolute Gasteiger partial charge is 0.475 e. The summed E-state index contributed by atoms with van der Waals surface area (Å²) >= 11 is 1.42. The molecule has 0 aliphatic carbocycles. The number of benzene rings is 2. The molecule has 0 bridgehead atoms. The lowest BCUT2D eigenvalue weighted by Gasteiger charge is -2.14. The van der Waals surface area contributed by atoms with Gasteiger partial charge in [-0.25, -0.2) is 23.6 Å². The molecule has 1 amide bonds. The number of rotatable bonds is 8. The summed E-state index contributed by atoms with van der Waals surface area (Å²) in [6.45, 7) is 0.540. The van der Waals surface area contributed by atoms with Crippen molar-refractivity contribution < 1.29 is 46.5 Å². The van der Waals surface area contributed by atoms with Crippen LogP contribution in [-0.4, -0.2) is 68.5 Å². The van der Waals surface area contributed by atoms with Crippen molar-refractivity contribution in [3.8, 4) is 21.7 Å². The lowest BCUT2D eigenvalue weighted by molar-refractivity contribution is -0.192. The van der Waals surface area contributed by atoms with Gasteiger partial charge in [-0.3, -0.25) is 9.69 Å². The van der Waals surface area contributed by atoms with E-state index in [0.717, 1.165) is 10.6 Å². The minimum Gasteiger partial charge on any atom is -0.475 e. The normalized spacial score (nSPS) is 14.6. The quantitative estimate of drug-likeness (QED) is 0.218. The number of hydrogen-bond donors (Lipinski definition) is 2. The van der Waals surface area contributed by atoms with Gasteiger partial charge in [0.2, 0.25) is 0 Å². The Bertz CT molecular complexity index is 1580. The first-order valence-corrected chi connectivity index (χ1v) is 13.2. The largest absolute Gasteiger partial charge is 0.490 e. The highest BCUT2D eigenvalue weighted by Gasteiger charge is 2.38. The molecule has 0 spiro atoms. The van der Waals surface area contributed by atoms with Crippen LogP contribution in [-0.2, 0) is 32.2 Å². The highest BCUT2D eigenvalue weighted by Crippen LogP contribution is 2.31. The van der Waals surface area contributed by atoms with Crippen molar-refractivity contribution in [3.63, 3.8) is 0 Å². The van der Waals surface area contributed by atoms with Crippen molar-refractivity contribution in [2.45, 2.75) is 25.4 Å². The highest BCUT2D eigenvalue weighted by molar-refractivity contribution is 7.13. The first-order chi connectivity index (χ1) is 20.4. The predicted molar refractivity (Wildman–Crippen MR) is 143 cm³/mol. The molecule has 0 saturated carbocycles. The summed E-state index contributed by atoms with van der Waals surface area (Å²) in [5, 5.41) is 17.3. The number of carbonyl (C=O) groups is 3. The molecule has 1 fully saturated rings. The van der Waals surface area contributed by atoms with Crippen LogP contribution < -0.4 is 10.6 Å². The van der Waals surface area contributed by atoms with Gasteiger partial charge < -0.3 is 20.3 Å². The van der Waals surface area contributed by atoms with Gasteiger partial charge in [0.25, 0.3) is 0 Å². The second kappa shape index (κ2) is 13.4. The first kappa shape index (κ1) is 31.0. The summed E-state index contributed by atoms with van der Waals surface area (Å²) in [7, 11) is 0. The Balaban J connectivity index is 0.000000541. The molecule has 5 rings (SSSR count). The number of amides is 1. The molecule has 0 radical (unpaired) electrons. The molecule has 1 aliphatic rings. The maximum Gasteiger partial charge on any atom is 0.490 e. The van der Waals surface area contributed by atoms with Crippen LogP contribution in [0.4, 0.5) is 28.0 Å². The van der Waals surface area contributed by atoms with Crippen molar-refractivity contribution in [2.75, 3.05) is 18.0 Å². The summed E-state index contributed by atoms with van der Waals surface area (Å²) in [5.41, 5.74) is 8.23. The van der Waals surface area contributed by atoms with Crippen LogP contribution in [0, 0.1) is 5.82 Å². The van der Waals surface area contributed by atoms with Gasteiger partial charge in [-0.15, -0.1) is 16.4 Å². The van der Waals surface area contributed by atoms with E-state index in [2.05, 4.69) is 15.3 Å². The Labute approximate surface area is 244 Å². The van der Waals surface area contributed by atoms with Crippen molar-refractivity contribution >= 4 is 35.1 Å². The number of alkyl halides is 3. The maximum atomic E-state index is 15.1. The van der Waals surface area contributed by atoms with Crippen LogP contribution in [0.25, 0.3) is 21.7 Å². The monoisotopic (exact) mass is 622 g/mol. The number of carboxylic acids is 1. The van der Waals surface area contributed by atoms with E-state index in [-0.39, 0.29) is 19.7 Å². The van der Waals surface area contributed by atoms with Crippen LogP contribution in [0.5, 0.6) is 0 Å². The first-order valence-electron chi connectivity index (χ1n) is 12.3. The summed E-state index contributed by atoms with van der Waals surface area (Å²) in [5.74, 6) is -3.70. The number of carboxylic acid groups (broad SMARTS) is 1. The fourth-order valence-electron chi connectivity index (χ4n) is 3.78. The van der Waals surface area contributed by atoms with Crippen LogP contribution in [0.2, 0.25) is 0 Å². The number of esters is 1. The second-order valence-corrected chi connectivity index (χ2v) is 9.65. The molecule has 12 nitrogen and oxygen atoms in total. The van der Waals surface area contributed by atoms with Gasteiger partial charge >= 0.3 is 24.2 Å². The standard InChI is InChI=1S/C24H21FN6O4S.C2HF3O2/c25-21-9-18(31-12-19(35-24(31)33)11-30-8-7-27-29-30)5-6-20(21)15-1-3-16(4-2-15)23-28-17(14-36-23)13-34-22(32)10-26;3-2(4,5)1(6)7/h1-9,14,19H,10-13,26H2;(H,6,7)/t19-;/m0./s1. The number of hydrogen-bond acceptors (Lipinski definition) is 10. The molecular weight excluding hydrogens is 600 g/mol. The molecule has 1 atom stereocenters. The minimum absolute atomic E-state index is 0.0634. The molecule has 2 aromatic heterocycles. The molecular formula is C26H22F4N6O6S. The van der Waals surface area contributed by atoms with Crippen molar-refractivity contribution in [1.82, 2.24) is 20.0 Å². The number of nitrogens with two attached hydrogens (primary N) is 1. The van der Waals surface area contributed by atoms with Gasteiger partial charge in [-0.05, 0) is 23.8 Å². The molecule has 0 unspecified atom stereocenters. The van der Waals surface area contributed by atoms with E-state index < -0.39 is 36.1 Å². The van der Waals surface area contributed by atoms with Gasteiger partial charge in [-0.1, -0.05) is 29.5 Å². The lowest BCUT2D eigenvalue weighted by atomic mass is 10.0. The topological polar surface area (TPSA) is 163 Å². The Morgan fingerprint density at radius 1 is 1.16 bits per heavy atom. The van der Waals surface area contributed by atoms with E-state index in [9.17, 15) is 22.8 Å². The molecule has 1 saturated heterocycles. The third-order valence-corrected chi connectivity index (χ3v) is 6.73. The Morgan fingerprint density at radius 2 is 1.86 bits per heavy atom. The van der Waals surface area contributed by atoms with Crippen molar-refractivity contribution in [3.05, 3.63) is 71.7 Å². The SMILES string of the molecule is NCC(=O)OCc1csc(-c2ccc(-c3ccc(N4C[C@H](Cn5ccnn5)OC4=O)cc3F)cc2)n1.O=C(O)C(F)(F)F. The maximum absolute atomic E-state index is 15.1. The van der Waals surface area contributed by atoms with E-state index >= 15 is 4.39 Å². The molecule has 43 heavy (non-hydrogen) atoms. The van der Waals surface area contributed by atoms with E-state index in [1.54, 1.807) is 41.3 Å². The zero-order valence-electron chi connectivity index (χ0n) is 21.9. The zero-order chi connectivity index (χ0) is 31.1. The average molecular weight is 623 g/mol. The molecule has 17 heteroatoms. The second-order valence-electron chi connectivity index (χ2n) is 8.79. The van der Waals surface area contributed by atoms with Gasteiger partial charge in [-0.2, -0.15) is 13.2 Å². The zero-order valence-corrected chi connectivity index (χ0v) is 22.7. The predicted octanol–water partition coefficient (Wildman–Crippen LogP) is 3.87. The number of nitrogens with zero attached hydrogens (tertiary/aromatic N) is 5. The van der Waals surface area contributed by atoms with Crippen LogP contribution in [0.3, 0.4) is 0 Å². The van der Waals surface area contributed by atoms with E-state index in [1.807, 2.05) is 17.5 Å². The fraction of sp³-hybridized carbons (Fsp3) is 0.231. The molecule has 2 aromatic carbocycles. The lowest BCUT2D eigenvalue weighted by Crippen LogP contribution is -2.26. The van der Waals surface area contributed by atoms with Crippen molar-refractivity contribution in [1.29, 1.82) is 0 Å². The summed E-state index contributed by atoms with van der Waals surface area (Å²) in [4.78, 5) is 38.3. The summed E-state index contributed by atoms with van der Waals surface area (Å²) < 4.78 is 58.8. The van der Waals surface area contributed by atoms with E-state index in [0.29, 0.717) is 29.1 Å². The van der Waals surface area contributed by atoms with Gasteiger partial charge in [0.15, 0.2) is 0 Å². The van der Waals surface area contributed by atoms with Gasteiger partial charge in [0.1, 0.15) is 23.5 Å². The molecule has 226 valence electrons. The number of halogens is 4. The Morgan fingerprint density at radius 3 is 2.47 bits per heavy atom. The van der Waals surface area contributed by atoms with Crippen LogP contribution >= 0.6 is 11.3 Å². The third kappa shape index (κ3) is 8.10. The van der Waals surface area contributed by atoms with Crippen LogP contribution in [0.15, 0.2) is 60.2 Å². The number of anilines is 1. The van der Waals surface area contributed by atoms with Gasteiger partial charge in [0.05, 0.1) is 37.2 Å². The number of ether oxygens (including phenoxy) is 2. The molecule has 1 aliphatic heterocycles. The number of aliphatic carboxylic acids is 1. The molecule has 3 N–H and O–H groups in total. The number of aromatic nitrogens is 4. The number of thiazole rings is 1. The number of carbonyl (C=O) groups excluding carboxylic acids is 2. The third-order valence-electron chi connectivity index (χ3n) is 5.79. The minimum atomic E-state index is -5.08. The molecule has 4 aromatic rings. The molecule has 3 heterocycles. The van der Waals surface area contributed by atoms with Crippen LogP contribution in [0.1, 0.15) is 5.69 Å². The van der Waals surface area contributed by atoms with Gasteiger partial charge in [0, 0.05) is 22.7 Å². The van der Waals surface area contributed by atoms with E-state index in [4.69, 9.17) is 25.1 Å². The summed E-state index contributed by atoms with van der Waals surface area (Å²) in [6.07, 6.45) is -2.79. The number of cyclic esters (lactones) is 1. The summed E-state index contributed by atoms with van der Waals surface area (Å²) in [6, 6.07) is 12.0. The Hall–Kier alpha value is -4.90. The van der Waals surface area contributed by atoms with E-state index in [1.165, 1.54) is 22.3 Å². The Kier molecular flexibility index (Phi) is 9.66. The fourth-order valence-corrected chi connectivity index (χ4v) is 4.59. The average Bonchev–Trinajstić information content (AvgIpc) is 3.74. The highest BCUT2D eigenvalue weighted by atomic mass is 32.1. The van der Waals surface area contributed by atoms with Crippen molar-refractivity contribution in [2.24, 2.45) is 5.73 Å².